The van der Waals surface area contributed by atoms with Crippen LogP contribution < -0.4 is 4.74 Å². The molecule has 0 unspecified atom stereocenters. The lowest BCUT2D eigenvalue weighted by Gasteiger charge is -2.09. The molecule has 0 atom stereocenters. The molecule has 0 radical (unpaired) electrons. The van der Waals surface area contributed by atoms with Gasteiger partial charge in [-0.1, -0.05) is 11.3 Å². The number of esters is 2. The average molecular weight is 350 g/mol. The lowest BCUT2D eigenvalue weighted by Crippen LogP contribution is -2.29. The van der Waals surface area contributed by atoms with E-state index in [1.165, 1.54) is 17.6 Å². The number of benzene rings is 1. The second kappa shape index (κ2) is 8.39. The van der Waals surface area contributed by atoms with E-state index >= 15 is 0 Å². The molecule has 1 aromatic carbocycles. The monoisotopic (exact) mass is 350 g/mol. The number of aliphatic imine (C=N–C) groups is 1. The van der Waals surface area contributed by atoms with Crippen LogP contribution in [0.1, 0.15) is 13.8 Å². The molecule has 0 fully saturated rings. The molecule has 0 aliphatic heterocycles. The van der Waals surface area contributed by atoms with Gasteiger partial charge in [0.1, 0.15) is 5.75 Å². The largest absolute Gasteiger partial charge is 0.497 e. The maximum absolute atomic E-state index is 11.9. The topological polar surface area (TPSA) is 87.1 Å². The lowest BCUT2D eigenvalue weighted by molar-refractivity contribution is -0.157. The number of carbonyl (C=O) groups is 2. The fourth-order valence-electron chi connectivity index (χ4n) is 1.90. The maximum atomic E-state index is 11.9. The molecular weight excluding hydrogens is 332 g/mol. The predicted molar refractivity (Wildman–Crippen MR) is 91.1 cm³/mol. The molecule has 2 rings (SSSR count). The van der Waals surface area contributed by atoms with Crippen LogP contribution in [-0.2, 0) is 19.1 Å². The molecule has 7 nitrogen and oxygen atoms in total. The summed E-state index contributed by atoms with van der Waals surface area (Å²) in [7, 11) is 1.58. The fraction of sp³-hybridized carbons (Fsp3) is 0.375. The Kier molecular flexibility index (Phi) is 6.25. The number of thiazole rings is 1. The van der Waals surface area contributed by atoms with Crippen molar-refractivity contribution in [3.63, 3.8) is 0 Å². The smallest absolute Gasteiger partial charge is 0.325 e. The van der Waals surface area contributed by atoms with Gasteiger partial charge in [-0.25, -0.2) is 9.98 Å². The van der Waals surface area contributed by atoms with Crippen LogP contribution in [0.15, 0.2) is 23.2 Å². The molecule has 0 aliphatic rings. The van der Waals surface area contributed by atoms with Gasteiger partial charge >= 0.3 is 11.9 Å². The van der Waals surface area contributed by atoms with Gasteiger partial charge in [-0.15, -0.1) is 0 Å². The maximum Gasteiger partial charge on any atom is 0.325 e. The standard InChI is InChI=1S/C16H18N2O5S/c1-4-22-14(19)11(15(20)23-5-2)9-17-16-18-12-8-10(21-3)6-7-13(12)24-16/h6-9,11H,4-5H2,1-3H3. The molecule has 8 heteroatoms. The van der Waals surface area contributed by atoms with E-state index in [9.17, 15) is 9.59 Å². The van der Waals surface area contributed by atoms with Gasteiger partial charge < -0.3 is 14.2 Å². The number of hydrogen-bond acceptors (Lipinski definition) is 8. The normalized spacial score (nSPS) is 11.2. The summed E-state index contributed by atoms with van der Waals surface area (Å²) in [5.41, 5.74) is 0.732. The summed E-state index contributed by atoms with van der Waals surface area (Å²) >= 11 is 1.34. The summed E-state index contributed by atoms with van der Waals surface area (Å²) in [5, 5.41) is 0.428. The third kappa shape index (κ3) is 4.29. The molecule has 0 aliphatic carbocycles. The molecule has 1 heterocycles. The van der Waals surface area contributed by atoms with Crippen molar-refractivity contribution in [1.82, 2.24) is 4.98 Å². The van der Waals surface area contributed by atoms with Crippen LogP contribution in [0.4, 0.5) is 5.13 Å². The average Bonchev–Trinajstić information content (AvgIpc) is 2.97. The van der Waals surface area contributed by atoms with Crippen LogP contribution in [0, 0.1) is 5.92 Å². The van der Waals surface area contributed by atoms with E-state index in [2.05, 4.69) is 9.98 Å². The molecule has 128 valence electrons. The first-order valence-corrected chi connectivity index (χ1v) is 8.22. The minimum absolute atomic E-state index is 0.170. The van der Waals surface area contributed by atoms with Crippen molar-refractivity contribution < 1.29 is 23.8 Å². The highest BCUT2D eigenvalue weighted by Gasteiger charge is 2.27. The van der Waals surface area contributed by atoms with E-state index in [0.29, 0.717) is 10.9 Å². The first-order valence-electron chi connectivity index (χ1n) is 7.41. The van der Waals surface area contributed by atoms with E-state index < -0.39 is 17.9 Å². The van der Waals surface area contributed by atoms with E-state index in [1.807, 2.05) is 12.1 Å². The minimum atomic E-state index is -1.20. The number of hydrogen-bond donors (Lipinski definition) is 0. The van der Waals surface area contributed by atoms with Crippen LogP contribution in [0.3, 0.4) is 0 Å². The summed E-state index contributed by atoms with van der Waals surface area (Å²) in [6.07, 6.45) is 1.21. The van der Waals surface area contributed by atoms with Crippen molar-refractivity contribution in [2.45, 2.75) is 13.8 Å². The predicted octanol–water partition coefficient (Wildman–Crippen LogP) is 2.75. The molecule has 1 aromatic heterocycles. The zero-order valence-electron chi connectivity index (χ0n) is 13.6. The quantitative estimate of drug-likeness (QED) is 0.433. The Balaban J connectivity index is 2.24. The number of ether oxygens (including phenoxy) is 3. The van der Waals surface area contributed by atoms with Crippen molar-refractivity contribution in [3.8, 4) is 5.75 Å². The van der Waals surface area contributed by atoms with E-state index in [1.54, 1.807) is 27.0 Å². The number of methoxy groups -OCH3 is 1. The number of nitrogens with zero attached hydrogens (tertiary/aromatic N) is 2. The molecular formula is C16H18N2O5S. The van der Waals surface area contributed by atoms with Crippen LogP contribution in [-0.4, -0.2) is 43.5 Å². The second-order valence-electron chi connectivity index (χ2n) is 4.59. The first-order chi connectivity index (χ1) is 11.6. The Morgan fingerprint density at radius 1 is 1.25 bits per heavy atom. The zero-order chi connectivity index (χ0) is 17.5. The molecule has 0 amide bonds. The van der Waals surface area contributed by atoms with Crippen molar-refractivity contribution in [2.24, 2.45) is 10.9 Å². The van der Waals surface area contributed by atoms with Gasteiger partial charge in [-0.3, -0.25) is 9.59 Å². The minimum Gasteiger partial charge on any atom is -0.497 e. The van der Waals surface area contributed by atoms with Gasteiger partial charge in [0.2, 0.25) is 5.13 Å². The van der Waals surface area contributed by atoms with E-state index in [4.69, 9.17) is 14.2 Å². The molecule has 0 saturated heterocycles. The number of fused-ring (bicyclic) bond motifs is 1. The van der Waals surface area contributed by atoms with Crippen molar-refractivity contribution in [3.05, 3.63) is 18.2 Å². The summed E-state index contributed by atoms with van der Waals surface area (Å²) in [6, 6.07) is 5.49. The Labute approximate surface area is 143 Å². The second-order valence-corrected chi connectivity index (χ2v) is 5.60. The highest BCUT2D eigenvalue weighted by atomic mass is 32.1. The van der Waals surface area contributed by atoms with Crippen molar-refractivity contribution >= 4 is 44.8 Å². The molecule has 0 N–H and O–H groups in total. The van der Waals surface area contributed by atoms with Crippen LogP contribution in [0.5, 0.6) is 5.75 Å². The van der Waals surface area contributed by atoms with Crippen LogP contribution in [0.2, 0.25) is 0 Å². The van der Waals surface area contributed by atoms with Crippen molar-refractivity contribution in [1.29, 1.82) is 0 Å². The number of rotatable bonds is 7. The van der Waals surface area contributed by atoms with Crippen molar-refractivity contribution in [2.75, 3.05) is 20.3 Å². The third-order valence-corrected chi connectivity index (χ3v) is 3.94. The van der Waals surface area contributed by atoms with Crippen LogP contribution in [0.25, 0.3) is 10.2 Å². The highest BCUT2D eigenvalue weighted by molar-refractivity contribution is 7.22. The third-order valence-electron chi connectivity index (χ3n) is 3.00. The van der Waals surface area contributed by atoms with Gasteiger partial charge in [-0.05, 0) is 26.0 Å². The highest BCUT2D eigenvalue weighted by Crippen LogP contribution is 2.30. The number of carbonyl (C=O) groups excluding carboxylic acids is 2. The zero-order valence-corrected chi connectivity index (χ0v) is 14.5. The van der Waals surface area contributed by atoms with E-state index in [0.717, 1.165) is 10.2 Å². The first kappa shape index (κ1) is 17.9. The molecule has 0 bridgehead atoms. The molecule has 24 heavy (non-hydrogen) atoms. The Morgan fingerprint density at radius 3 is 2.50 bits per heavy atom. The van der Waals surface area contributed by atoms with Gasteiger partial charge in [0.25, 0.3) is 0 Å². The molecule has 0 spiro atoms. The molecule has 0 saturated carbocycles. The van der Waals surface area contributed by atoms with Gasteiger partial charge in [0.15, 0.2) is 5.92 Å². The van der Waals surface area contributed by atoms with Gasteiger partial charge in [0, 0.05) is 12.3 Å². The number of aromatic nitrogens is 1. The van der Waals surface area contributed by atoms with Crippen LogP contribution >= 0.6 is 11.3 Å². The Hall–Kier alpha value is -2.48. The summed E-state index contributed by atoms with van der Waals surface area (Å²) in [4.78, 5) is 32.3. The summed E-state index contributed by atoms with van der Waals surface area (Å²) < 4.78 is 15.8. The Bertz CT molecular complexity index is 738. The summed E-state index contributed by atoms with van der Waals surface area (Å²) in [5.74, 6) is -1.89. The SMILES string of the molecule is CCOC(=O)C(C=Nc1nc2cc(OC)ccc2s1)C(=O)OCC. The fourth-order valence-corrected chi connectivity index (χ4v) is 2.70. The van der Waals surface area contributed by atoms with E-state index in [-0.39, 0.29) is 13.2 Å². The van der Waals surface area contributed by atoms with Gasteiger partial charge in [-0.2, -0.15) is 0 Å². The lowest BCUT2D eigenvalue weighted by atomic mass is 10.2. The van der Waals surface area contributed by atoms with Gasteiger partial charge in [0.05, 0.1) is 30.5 Å². The summed E-state index contributed by atoms with van der Waals surface area (Å²) in [6.45, 7) is 3.67. The Morgan fingerprint density at radius 2 is 1.92 bits per heavy atom. The molecule has 2 aromatic rings.